The zero-order chi connectivity index (χ0) is 14.5. The molecule has 0 amide bonds. The van der Waals surface area contributed by atoms with E-state index in [4.69, 9.17) is 4.74 Å². The summed E-state index contributed by atoms with van der Waals surface area (Å²) >= 11 is 3.61. The highest BCUT2D eigenvalue weighted by Gasteiger charge is 2.13. The Morgan fingerprint density at radius 3 is 2.48 bits per heavy atom. The van der Waals surface area contributed by atoms with E-state index in [1.54, 1.807) is 0 Å². The lowest BCUT2D eigenvalue weighted by Crippen LogP contribution is -2.12. The average Bonchev–Trinajstić information content (AvgIpc) is 2.56. The number of ether oxygens (including phenoxy) is 1. The van der Waals surface area contributed by atoms with Gasteiger partial charge in [-0.3, -0.25) is 0 Å². The maximum Gasteiger partial charge on any atom is 0.119 e. The fourth-order valence-electron chi connectivity index (χ4n) is 2.95. The molecule has 0 radical (unpaired) electrons. The lowest BCUT2D eigenvalue weighted by Gasteiger charge is -2.19. The Morgan fingerprint density at radius 2 is 1.71 bits per heavy atom. The second kappa shape index (κ2) is 7.13. The van der Waals surface area contributed by atoms with Gasteiger partial charge in [-0.15, -0.1) is 0 Å². The second-order valence-electron chi connectivity index (χ2n) is 5.71. The van der Waals surface area contributed by atoms with E-state index in [0.29, 0.717) is 12.5 Å². The van der Waals surface area contributed by atoms with Gasteiger partial charge in [-0.2, -0.15) is 0 Å². The van der Waals surface area contributed by atoms with E-state index in [2.05, 4.69) is 64.5 Å². The van der Waals surface area contributed by atoms with Crippen LogP contribution in [-0.4, -0.2) is 11.9 Å². The number of aryl methyl sites for hydroxylation is 2. The first-order valence-corrected chi connectivity index (χ1v) is 8.84. The standard InChI is InChI=1S/C19H21BrO/c20-13-18(15-6-2-1-3-7-15)14-21-19-11-10-16-8-4-5-9-17(16)12-19/h1-3,6-7,10-12,18H,4-5,8-9,13-14H2. The summed E-state index contributed by atoms with van der Waals surface area (Å²) in [7, 11) is 0. The number of alkyl halides is 1. The van der Waals surface area contributed by atoms with Crippen molar-refractivity contribution < 1.29 is 4.74 Å². The predicted molar refractivity (Wildman–Crippen MR) is 91.6 cm³/mol. The minimum absolute atomic E-state index is 0.391. The van der Waals surface area contributed by atoms with Crippen molar-refractivity contribution >= 4 is 15.9 Å². The van der Waals surface area contributed by atoms with Gasteiger partial charge in [-0.25, -0.2) is 0 Å². The van der Waals surface area contributed by atoms with Crippen molar-refractivity contribution in [2.45, 2.75) is 31.6 Å². The molecule has 0 bridgehead atoms. The van der Waals surface area contributed by atoms with Gasteiger partial charge in [0.2, 0.25) is 0 Å². The zero-order valence-corrected chi connectivity index (χ0v) is 13.8. The lowest BCUT2D eigenvalue weighted by atomic mass is 9.92. The molecule has 1 aliphatic carbocycles. The third-order valence-electron chi connectivity index (χ3n) is 4.23. The van der Waals surface area contributed by atoms with Crippen LogP contribution in [0.15, 0.2) is 48.5 Å². The van der Waals surface area contributed by atoms with Gasteiger partial charge in [0, 0.05) is 11.2 Å². The Balaban J connectivity index is 1.66. The molecule has 0 saturated heterocycles. The Labute approximate surface area is 135 Å². The number of rotatable bonds is 5. The Bertz CT molecular complexity index is 579. The van der Waals surface area contributed by atoms with E-state index < -0.39 is 0 Å². The predicted octanol–water partition coefficient (Wildman–Crippen LogP) is 5.12. The molecule has 0 spiro atoms. The van der Waals surface area contributed by atoms with Crippen LogP contribution in [0.5, 0.6) is 5.75 Å². The third-order valence-corrected chi connectivity index (χ3v) is 5.01. The molecular weight excluding hydrogens is 324 g/mol. The first kappa shape index (κ1) is 14.6. The fraction of sp³-hybridized carbons (Fsp3) is 0.368. The van der Waals surface area contributed by atoms with Crippen LogP contribution in [0, 0.1) is 0 Å². The summed E-state index contributed by atoms with van der Waals surface area (Å²) in [4.78, 5) is 0. The molecule has 0 aliphatic heterocycles. The van der Waals surface area contributed by atoms with Crippen molar-refractivity contribution in [3.05, 3.63) is 65.2 Å². The zero-order valence-electron chi connectivity index (χ0n) is 12.2. The molecule has 1 nitrogen and oxygen atoms in total. The number of benzene rings is 2. The molecule has 1 atom stereocenters. The summed E-state index contributed by atoms with van der Waals surface area (Å²) in [6.45, 7) is 0.716. The van der Waals surface area contributed by atoms with Crippen LogP contribution in [0.4, 0.5) is 0 Å². The Kier molecular flexibility index (Phi) is 4.97. The molecule has 21 heavy (non-hydrogen) atoms. The molecule has 3 rings (SSSR count). The van der Waals surface area contributed by atoms with Crippen molar-refractivity contribution in [1.29, 1.82) is 0 Å². The fourth-order valence-corrected chi connectivity index (χ4v) is 3.51. The molecule has 1 aliphatic rings. The van der Waals surface area contributed by atoms with Crippen LogP contribution >= 0.6 is 15.9 Å². The maximum atomic E-state index is 6.05. The first-order valence-electron chi connectivity index (χ1n) is 7.72. The maximum absolute atomic E-state index is 6.05. The lowest BCUT2D eigenvalue weighted by molar-refractivity contribution is 0.297. The number of halogens is 1. The average molecular weight is 345 g/mol. The number of hydrogen-bond acceptors (Lipinski definition) is 1. The van der Waals surface area contributed by atoms with Crippen LogP contribution in [0.25, 0.3) is 0 Å². The summed E-state index contributed by atoms with van der Waals surface area (Å²) in [5.41, 5.74) is 4.31. The van der Waals surface area contributed by atoms with Gasteiger partial charge in [-0.1, -0.05) is 52.3 Å². The molecule has 2 heteroatoms. The molecule has 0 aromatic heterocycles. The van der Waals surface area contributed by atoms with Gasteiger partial charge in [0.25, 0.3) is 0 Å². The van der Waals surface area contributed by atoms with Crippen molar-refractivity contribution in [1.82, 2.24) is 0 Å². The van der Waals surface area contributed by atoms with E-state index in [9.17, 15) is 0 Å². The van der Waals surface area contributed by atoms with Gasteiger partial charge in [0.1, 0.15) is 5.75 Å². The van der Waals surface area contributed by atoms with Crippen molar-refractivity contribution in [2.75, 3.05) is 11.9 Å². The van der Waals surface area contributed by atoms with E-state index in [1.165, 1.54) is 42.4 Å². The smallest absolute Gasteiger partial charge is 0.119 e. The van der Waals surface area contributed by atoms with Crippen molar-refractivity contribution in [2.24, 2.45) is 0 Å². The van der Waals surface area contributed by atoms with Gasteiger partial charge >= 0.3 is 0 Å². The highest BCUT2D eigenvalue weighted by Crippen LogP contribution is 2.26. The van der Waals surface area contributed by atoms with E-state index >= 15 is 0 Å². The van der Waals surface area contributed by atoms with Gasteiger partial charge < -0.3 is 4.74 Å². The van der Waals surface area contributed by atoms with E-state index in [-0.39, 0.29) is 0 Å². The largest absolute Gasteiger partial charge is 0.493 e. The molecule has 2 aromatic carbocycles. The molecule has 0 fully saturated rings. The molecule has 110 valence electrons. The van der Waals surface area contributed by atoms with E-state index in [0.717, 1.165) is 11.1 Å². The topological polar surface area (TPSA) is 9.23 Å². The SMILES string of the molecule is BrCC(COc1ccc2c(c1)CCCC2)c1ccccc1. The normalized spacial score (nSPS) is 15.3. The second-order valence-corrected chi connectivity index (χ2v) is 6.36. The van der Waals surface area contributed by atoms with Crippen LogP contribution in [0.2, 0.25) is 0 Å². The summed E-state index contributed by atoms with van der Waals surface area (Å²) in [6, 6.07) is 17.2. The minimum Gasteiger partial charge on any atom is -0.493 e. The number of fused-ring (bicyclic) bond motifs is 1. The third kappa shape index (κ3) is 3.68. The highest BCUT2D eigenvalue weighted by atomic mass is 79.9. The Morgan fingerprint density at radius 1 is 0.952 bits per heavy atom. The summed E-state index contributed by atoms with van der Waals surface area (Å²) in [5, 5.41) is 0.919. The van der Waals surface area contributed by atoms with Gasteiger partial charge in [0.05, 0.1) is 6.61 Å². The van der Waals surface area contributed by atoms with Crippen LogP contribution < -0.4 is 4.74 Å². The minimum atomic E-state index is 0.391. The highest BCUT2D eigenvalue weighted by molar-refractivity contribution is 9.09. The van der Waals surface area contributed by atoms with Crippen LogP contribution in [0.3, 0.4) is 0 Å². The summed E-state index contributed by atoms with van der Waals surface area (Å²) in [5.74, 6) is 1.40. The van der Waals surface area contributed by atoms with Gasteiger partial charge in [-0.05, 0) is 54.5 Å². The molecule has 0 saturated carbocycles. The molecule has 0 N–H and O–H groups in total. The van der Waals surface area contributed by atoms with E-state index in [1.807, 2.05) is 0 Å². The first-order chi connectivity index (χ1) is 10.4. The molecule has 2 aromatic rings. The number of hydrogen-bond donors (Lipinski definition) is 0. The quantitative estimate of drug-likeness (QED) is 0.683. The van der Waals surface area contributed by atoms with Crippen molar-refractivity contribution in [3.8, 4) is 5.75 Å². The van der Waals surface area contributed by atoms with Crippen LogP contribution in [0.1, 0.15) is 35.4 Å². The van der Waals surface area contributed by atoms with Crippen molar-refractivity contribution in [3.63, 3.8) is 0 Å². The van der Waals surface area contributed by atoms with Gasteiger partial charge in [0.15, 0.2) is 0 Å². The molecule has 0 heterocycles. The molecular formula is C19H21BrO. The Hall–Kier alpha value is -1.28. The van der Waals surface area contributed by atoms with Crippen LogP contribution in [-0.2, 0) is 12.8 Å². The monoisotopic (exact) mass is 344 g/mol. The summed E-state index contributed by atoms with van der Waals surface area (Å²) in [6.07, 6.45) is 5.06. The molecule has 1 unspecified atom stereocenters. The summed E-state index contributed by atoms with van der Waals surface area (Å²) < 4.78 is 6.05.